The van der Waals surface area contributed by atoms with E-state index in [0.717, 1.165) is 30.8 Å². The van der Waals surface area contributed by atoms with Gasteiger partial charge in [-0.2, -0.15) is 0 Å². The van der Waals surface area contributed by atoms with Crippen LogP contribution in [0.5, 0.6) is 0 Å². The fourth-order valence-electron chi connectivity index (χ4n) is 3.57. The van der Waals surface area contributed by atoms with Crippen LogP contribution in [0.15, 0.2) is 36.5 Å². The number of morpholine rings is 1. The molecule has 1 amide bonds. The third kappa shape index (κ3) is 4.20. The summed E-state index contributed by atoms with van der Waals surface area (Å²) in [6, 6.07) is 9.12. The molecule has 4 rings (SSSR count). The number of anilines is 1. The largest absolute Gasteiger partial charge is 0.378 e. The van der Waals surface area contributed by atoms with Crippen LogP contribution in [-0.2, 0) is 22.5 Å². The minimum Gasteiger partial charge on any atom is -0.378 e. The molecule has 2 aliphatic rings. The summed E-state index contributed by atoms with van der Waals surface area (Å²) in [6.07, 6.45) is 3.09. The van der Waals surface area contributed by atoms with Gasteiger partial charge in [-0.05, 0) is 12.0 Å². The zero-order valence-electron chi connectivity index (χ0n) is 15.8. The van der Waals surface area contributed by atoms with Gasteiger partial charge in [0.1, 0.15) is 0 Å². The molecular weight excluding hydrogens is 356 g/mol. The van der Waals surface area contributed by atoms with Gasteiger partial charge in [-0.25, -0.2) is 9.97 Å². The molecule has 0 bridgehead atoms. The summed E-state index contributed by atoms with van der Waals surface area (Å²) in [5.41, 5.74) is 2.66. The molecule has 1 saturated heterocycles. The van der Waals surface area contributed by atoms with Gasteiger partial charge in [0.15, 0.2) is 5.78 Å². The number of hydrogen-bond donors (Lipinski definition) is 0. The first kappa shape index (κ1) is 18.6. The molecule has 2 aliphatic heterocycles. The standard InChI is InChI=1S/C21H24N4O3/c26-19(16-4-2-1-3-5-16)6-7-20(27)25-9-8-17-14-22-21(23-18(17)15-25)24-10-12-28-13-11-24/h1-5,14H,6-13,15H2. The van der Waals surface area contributed by atoms with Crippen molar-refractivity contribution in [2.75, 3.05) is 37.7 Å². The predicted molar refractivity (Wildman–Crippen MR) is 104 cm³/mol. The van der Waals surface area contributed by atoms with E-state index in [0.29, 0.717) is 37.8 Å². The summed E-state index contributed by atoms with van der Waals surface area (Å²) < 4.78 is 5.38. The second-order valence-corrected chi connectivity index (χ2v) is 7.10. The molecule has 1 aromatic carbocycles. The van der Waals surface area contributed by atoms with Gasteiger partial charge in [0.25, 0.3) is 0 Å². The van der Waals surface area contributed by atoms with Gasteiger partial charge in [-0.15, -0.1) is 0 Å². The molecule has 0 unspecified atom stereocenters. The number of aromatic nitrogens is 2. The average Bonchev–Trinajstić information content (AvgIpc) is 2.77. The van der Waals surface area contributed by atoms with E-state index in [-0.39, 0.29) is 24.5 Å². The molecule has 0 atom stereocenters. The van der Waals surface area contributed by atoms with E-state index in [9.17, 15) is 9.59 Å². The number of ether oxygens (including phenoxy) is 1. The molecule has 7 heteroatoms. The van der Waals surface area contributed by atoms with Crippen molar-refractivity contribution in [3.63, 3.8) is 0 Å². The highest BCUT2D eigenvalue weighted by Gasteiger charge is 2.24. The molecule has 146 valence electrons. The summed E-state index contributed by atoms with van der Waals surface area (Å²) in [6.45, 7) is 4.05. The summed E-state index contributed by atoms with van der Waals surface area (Å²) in [7, 11) is 0. The molecule has 3 heterocycles. The molecule has 28 heavy (non-hydrogen) atoms. The van der Waals surface area contributed by atoms with Gasteiger partial charge in [0.05, 0.1) is 25.5 Å². The van der Waals surface area contributed by atoms with Gasteiger partial charge in [-0.1, -0.05) is 30.3 Å². The van der Waals surface area contributed by atoms with Crippen molar-refractivity contribution in [2.24, 2.45) is 0 Å². The van der Waals surface area contributed by atoms with E-state index in [4.69, 9.17) is 9.72 Å². The van der Waals surface area contributed by atoms with E-state index in [1.165, 1.54) is 0 Å². The summed E-state index contributed by atoms with van der Waals surface area (Å²) in [5.74, 6) is 0.709. The highest BCUT2D eigenvalue weighted by molar-refractivity contribution is 5.97. The fourth-order valence-corrected chi connectivity index (χ4v) is 3.57. The number of carbonyl (C=O) groups is 2. The van der Waals surface area contributed by atoms with Crippen LogP contribution >= 0.6 is 0 Å². The SMILES string of the molecule is O=C(CCC(=O)N1CCc2cnc(N3CCOCC3)nc2C1)c1ccccc1. The Bertz CT molecular complexity index is 850. The van der Waals surface area contributed by atoms with Crippen LogP contribution in [0.4, 0.5) is 5.95 Å². The maximum absolute atomic E-state index is 12.6. The Labute approximate surface area is 164 Å². The monoisotopic (exact) mass is 380 g/mol. The van der Waals surface area contributed by atoms with Crippen LogP contribution in [0.25, 0.3) is 0 Å². The fraction of sp³-hybridized carbons (Fsp3) is 0.429. The summed E-state index contributed by atoms with van der Waals surface area (Å²) in [4.78, 5) is 38.0. The van der Waals surface area contributed by atoms with E-state index < -0.39 is 0 Å². The summed E-state index contributed by atoms with van der Waals surface area (Å²) in [5, 5.41) is 0. The lowest BCUT2D eigenvalue weighted by Crippen LogP contribution is -2.39. The normalized spacial score (nSPS) is 16.6. The van der Waals surface area contributed by atoms with Crippen LogP contribution in [0, 0.1) is 0 Å². The van der Waals surface area contributed by atoms with E-state index >= 15 is 0 Å². The smallest absolute Gasteiger partial charge is 0.225 e. The van der Waals surface area contributed by atoms with Crippen molar-refractivity contribution >= 4 is 17.6 Å². The Morgan fingerprint density at radius 3 is 2.61 bits per heavy atom. The van der Waals surface area contributed by atoms with Crippen molar-refractivity contribution in [2.45, 2.75) is 25.8 Å². The molecule has 0 spiro atoms. The highest BCUT2D eigenvalue weighted by Crippen LogP contribution is 2.21. The first-order chi connectivity index (χ1) is 13.7. The number of hydrogen-bond acceptors (Lipinski definition) is 6. The second kappa shape index (κ2) is 8.48. The number of ketones is 1. The van der Waals surface area contributed by atoms with Crippen molar-refractivity contribution in [3.05, 3.63) is 53.3 Å². The lowest BCUT2D eigenvalue weighted by atomic mass is 10.0. The molecule has 0 saturated carbocycles. The van der Waals surface area contributed by atoms with E-state index in [1.807, 2.05) is 24.4 Å². The molecule has 0 aliphatic carbocycles. The van der Waals surface area contributed by atoms with Gasteiger partial charge < -0.3 is 14.5 Å². The van der Waals surface area contributed by atoms with Crippen LogP contribution in [0.3, 0.4) is 0 Å². The van der Waals surface area contributed by atoms with Crippen LogP contribution < -0.4 is 4.90 Å². The number of fused-ring (bicyclic) bond motifs is 1. The molecular formula is C21H24N4O3. The predicted octanol–water partition coefficient (Wildman–Crippen LogP) is 1.86. The quantitative estimate of drug-likeness (QED) is 0.737. The van der Waals surface area contributed by atoms with Gasteiger partial charge >= 0.3 is 0 Å². The third-order valence-corrected chi connectivity index (χ3v) is 5.24. The molecule has 0 N–H and O–H groups in total. The second-order valence-electron chi connectivity index (χ2n) is 7.10. The topological polar surface area (TPSA) is 75.6 Å². The summed E-state index contributed by atoms with van der Waals surface area (Å²) >= 11 is 0. The van der Waals surface area contributed by atoms with Gasteiger partial charge in [0, 0.05) is 44.2 Å². The number of carbonyl (C=O) groups excluding carboxylic acids is 2. The Morgan fingerprint density at radius 1 is 1.04 bits per heavy atom. The van der Waals surface area contributed by atoms with Crippen LogP contribution in [-0.4, -0.2) is 59.4 Å². The molecule has 0 radical (unpaired) electrons. The van der Waals surface area contributed by atoms with E-state index in [2.05, 4.69) is 9.88 Å². The van der Waals surface area contributed by atoms with Crippen molar-refractivity contribution in [3.8, 4) is 0 Å². The molecule has 2 aromatic rings. The Balaban J connectivity index is 1.37. The van der Waals surface area contributed by atoms with Crippen LogP contribution in [0.2, 0.25) is 0 Å². The Hall–Kier alpha value is -2.80. The Kier molecular flexibility index (Phi) is 5.62. The van der Waals surface area contributed by atoms with Gasteiger partial charge in [-0.3, -0.25) is 9.59 Å². The number of Topliss-reactive ketones (excluding diaryl/α,β-unsaturated/α-hetero) is 1. The van der Waals surface area contributed by atoms with Crippen molar-refractivity contribution in [1.82, 2.24) is 14.9 Å². The molecule has 1 fully saturated rings. The molecule has 1 aromatic heterocycles. The first-order valence-corrected chi connectivity index (χ1v) is 9.74. The number of amides is 1. The average molecular weight is 380 g/mol. The zero-order valence-corrected chi connectivity index (χ0v) is 15.8. The lowest BCUT2D eigenvalue weighted by Gasteiger charge is -2.30. The number of benzene rings is 1. The maximum Gasteiger partial charge on any atom is 0.225 e. The number of rotatable bonds is 5. The van der Waals surface area contributed by atoms with Crippen molar-refractivity contribution < 1.29 is 14.3 Å². The highest BCUT2D eigenvalue weighted by atomic mass is 16.5. The van der Waals surface area contributed by atoms with Crippen molar-refractivity contribution in [1.29, 1.82) is 0 Å². The third-order valence-electron chi connectivity index (χ3n) is 5.24. The van der Waals surface area contributed by atoms with Crippen LogP contribution in [0.1, 0.15) is 34.5 Å². The molecule has 7 nitrogen and oxygen atoms in total. The lowest BCUT2D eigenvalue weighted by molar-refractivity contribution is -0.132. The number of nitrogens with zero attached hydrogens (tertiary/aromatic N) is 4. The van der Waals surface area contributed by atoms with E-state index in [1.54, 1.807) is 17.0 Å². The Morgan fingerprint density at radius 2 is 1.82 bits per heavy atom. The first-order valence-electron chi connectivity index (χ1n) is 9.74. The maximum atomic E-state index is 12.6. The van der Waals surface area contributed by atoms with Gasteiger partial charge in [0.2, 0.25) is 11.9 Å². The zero-order chi connectivity index (χ0) is 19.3. The minimum absolute atomic E-state index is 0.00136. The minimum atomic E-state index is 0.00136.